The predicted molar refractivity (Wildman–Crippen MR) is 66.6 cm³/mol. The van der Waals surface area contributed by atoms with Gasteiger partial charge in [-0.25, -0.2) is 0 Å². The first-order valence-corrected chi connectivity index (χ1v) is 7.08. The Labute approximate surface area is 96.8 Å². The number of hydrogen-bond acceptors (Lipinski definition) is 0. The molecule has 66 valence electrons. The summed E-state index contributed by atoms with van der Waals surface area (Å²) in [5, 5.41) is 0. The van der Waals surface area contributed by atoms with Gasteiger partial charge >= 0.3 is 0 Å². The van der Waals surface area contributed by atoms with E-state index in [1.165, 1.54) is 26.4 Å². The highest BCUT2D eigenvalue weighted by atomic mass is 127. The van der Waals surface area contributed by atoms with Gasteiger partial charge in [0.2, 0.25) is 0 Å². The van der Waals surface area contributed by atoms with Crippen LogP contribution in [0.5, 0.6) is 0 Å². The van der Waals surface area contributed by atoms with Crippen LogP contribution in [0.4, 0.5) is 0 Å². The van der Waals surface area contributed by atoms with Crippen molar-refractivity contribution in [2.24, 2.45) is 11.8 Å². The monoisotopic (exact) mass is 380 g/mol. The van der Waals surface area contributed by atoms with Crippen molar-refractivity contribution in [2.75, 3.05) is 36.0 Å². The lowest BCUT2D eigenvalue weighted by molar-refractivity contribution is -0.880. The van der Waals surface area contributed by atoms with Gasteiger partial charge in [-0.3, -0.25) is 0 Å². The maximum Gasteiger partial charge on any atom is 0.0823 e. The fourth-order valence-corrected chi connectivity index (χ4v) is 3.99. The van der Waals surface area contributed by atoms with Crippen LogP contribution in [0.1, 0.15) is 0 Å². The van der Waals surface area contributed by atoms with E-state index in [0.29, 0.717) is 0 Å². The molecule has 0 spiro atoms. The smallest absolute Gasteiger partial charge is 0.0823 e. The van der Waals surface area contributed by atoms with Crippen LogP contribution >= 0.6 is 45.2 Å². The Kier molecular flexibility index (Phi) is 3.90. The molecule has 1 aliphatic rings. The van der Waals surface area contributed by atoms with E-state index < -0.39 is 0 Å². The van der Waals surface area contributed by atoms with Crippen LogP contribution in [-0.2, 0) is 0 Å². The molecule has 1 nitrogen and oxygen atoms in total. The quantitative estimate of drug-likeness (QED) is 0.392. The first kappa shape index (κ1) is 10.5. The third-order valence-corrected chi connectivity index (χ3v) is 4.78. The van der Waals surface area contributed by atoms with Crippen molar-refractivity contribution >= 4 is 45.2 Å². The fourth-order valence-electron chi connectivity index (χ4n) is 1.99. The van der Waals surface area contributed by atoms with E-state index in [4.69, 9.17) is 0 Å². The summed E-state index contributed by atoms with van der Waals surface area (Å²) >= 11 is 5.06. The van der Waals surface area contributed by atoms with Crippen LogP contribution in [0.3, 0.4) is 0 Å². The Morgan fingerprint density at radius 3 is 1.73 bits per heavy atom. The number of rotatable bonds is 2. The van der Waals surface area contributed by atoms with E-state index in [-0.39, 0.29) is 0 Å². The standard InChI is InChI=1S/C8H16I2N/c1-11(2)5-7(3-9)8(4-10)6-11/h7-8H,3-6H2,1-2H3/q+1. The Morgan fingerprint density at radius 1 is 1.09 bits per heavy atom. The van der Waals surface area contributed by atoms with Crippen molar-refractivity contribution in [1.82, 2.24) is 0 Å². The van der Waals surface area contributed by atoms with Crippen LogP contribution in [0.2, 0.25) is 0 Å². The van der Waals surface area contributed by atoms with E-state index in [1.54, 1.807) is 0 Å². The molecule has 2 unspecified atom stereocenters. The molecule has 0 amide bonds. The summed E-state index contributed by atoms with van der Waals surface area (Å²) in [4.78, 5) is 0. The lowest BCUT2D eigenvalue weighted by Gasteiger charge is -2.23. The second-order valence-electron chi connectivity index (χ2n) is 4.13. The van der Waals surface area contributed by atoms with Crippen LogP contribution in [-0.4, -0.2) is 40.5 Å². The van der Waals surface area contributed by atoms with Gasteiger partial charge < -0.3 is 4.48 Å². The number of nitrogens with zero attached hydrogens (tertiary/aromatic N) is 1. The van der Waals surface area contributed by atoms with Crippen molar-refractivity contribution in [2.45, 2.75) is 0 Å². The SMILES string of the molecule is C[N+]1(C)CC(CI)C(CI)C1. The van der Waals surface area contributed by atoms with Gasteiger partial charge in [-0.2, -0.15) is 0 Å². The van der Waals surface area contributed by atoms with Gasteiger partial charge in [-0.15, -0.1) is 0 Å². The molecule has 0 aliphatic carbocycles. The summed E-state index contributed by atoms with van der Waals surface area (Å²) in [6.45, 7) is 2.77. The molecule has 0 radical (unpaired) electrons. The fraction of sp³-hybridized carbons (Fsp3) is 1.00. The molecule has 1 rings (SSSR count). The molecule has 0 aromatic rings. The summed E-state index contributed by atoms with van der Waals surface area (Å²) in [5.41, 5.74) is 0. The average Bonchev–Trinajstić information content (AvgIpc) is 2.25. The van der Waals surface area contributed by atoms with Crippen LogP contribution in [0, 0.1) is 11.8 Å². The third-order valence-electron chi connectivity index (χ3n) is 2.52. The van der Waals surface area contributed by atoms with Crippen LogP contribution in [0.15, 0.2) is 0 Å². The largest absolute Gasteiger partial charge is 0.328 e. The van der Waals surface area contributed by atoms with Gasteiger partial charge in [-0.05, 0) is 0 Å². The van der Waals surface area contributed by atoms with E-state index in [2.05, 4.69) is 59.3 Å². The highest BCUT2D eigenvalue weighted by Gasteiger charge is 2.38. The van der Waals surface area contributed by atoms with Gasteiger partial charge in [0, 0.05) is 20.7 Å². The molecule has 0 saturated carbocycles. The molecule has 1 aliphatic heterocycles. The second-order valence-corrected chi connectivity index (χ2v) is 5.89. The zero-order valence-electron chi connectivity index (χ0n) is 7.19. The summed E-state index contributed by atoms with van der Waals surface area (Å²) in [5.74, 6) is 1.95. The average molecular weight is 380 g/mol. The summed E-state index contributed by atoms with van der Waals surface area (Å²) < 4.78 is 3.92. The number of alkyl halides is 2. The van der Waals surface area contributed by atoms with Gasteiger partial charge in [0.1, 0.15) is 0 Å². The first-order chi connectivity index (χ1) is 5.09. The van der Waals surface area contributed by atoms with E-state index >= 15 is 0 Å². The predicted octanol–water partition coefficient (Wildman–Crippen LogP) is 2.18. The normalized spacial score (nSPS) is 36.0. The van der Waals surface area contributed by atoms with Gasteiger partial charge in [-0.1, -0.05) is 45.2 Å². The Bertz CT molecular complexity index is 122. The van der Waals surface area contributed by atoms with E-state index in [1.807, 2.05) is 0 Å². The molecule has 1 fully saturated rings. The minimum absolute atomic E-state index is 0.975. The van der Waals surface area contributed by atoms with Crippen LogP contribution < -0.4 is 0 Å². The summed E-state index contributed by atoms with van der Waals surface area (Å²) in [6, 6.07) is 0. The summed E-state index contributed by atoms with van der Waals surface area (Å²) in [7, 11) is 4.71. The number of likely N-dealkylation sites (tertiary alicyclic amines) is 1. The maximum atomic E-state index is 2.53. The summed E-state index contributed by atoms with van der Waals surface area (Å²) in [6.07, 6.45) is 0. The van der Waals surface area contributed by atoms with Crippen LogP contribution in [0.25, 0.3) is 0 Å². The van der Waals surface area contributed by atoms with Gasteiger partial charge in [0.05, 0.1) is 27.2 Å². The highest BCUT2D eigenvalue weighted by molar-refractivity contribution is 14.1. The van der Waals surface area contributed by atoms with Gasteiger partial charge in [0.15, 0.2) is 0 Å². The lowest BCUT2D eigenvalue weighted by Crippen LogP contribution is -2.37. The molecule has 0 aromatic carbocycles. The molecule has 1 saturated heterocycles. The van der Waals surface area contributed by atoms with Gasteiger partial charge in [0.25, 0.3) is 0 Å². The molecule has 0 N–H and O–H groups in total. The molecule has 0 aromatic heterocycles. The Morgan fingerprint density at radius 2 is 1.45 bits per heavy atom. The van der Waals surface area contributed by atoms with Crippen molar-refractivity contribution < 1.29 is 4.48 Å². The number of quaternary nitrogens is 1. The minimum Gasteiger partial charge on any atom is -0.328 e. The molecular weight excluding hydrogens is 364 g/mol. The molecule has 3 heteroatoms. The Hall–Kier alpha value is 1.42. The molecule has 1 heterocycles. The maximum absolute atomic E-state index is 2.53. The topological polar surface area (TPSA) is 0 Å². The second kappa shape index (κ2) is 4.09. The zero-order chi connectivity index (χ0) is 8.48. The highest BCUT2D eigenvalue weighted by Crippen LogP contribution is 2.29. The molecular formula is C8H16I2N+. The van der Waals surface area contributed by atoms with Crippen molar-refractivity contribution in [3.63, 3.8) is 0 Å². The van der Waals surface area contributed by atoms with Crippen molar-refractivity contribution in [3.05, 3.63) is 0 Å². The van der Waals surface area contributed by atoms with Crippen molar-refractivity contribution in [3.8, 4) is 0 Å². The number of hydrogen-bond donors (Lipinski definition) is 0. The third kappa shape index (κ3) is 2.69. The van der Waals surface area contributed by atoms with E-state index in [0.717, 1.165) is 11.8 Å². The molecule has 11 heavy (non-hydrogen) atoms. The zero-order valence-corrected chi connectivity index (χ0v) is 11.5. The molecule has 2 atom stereocenters. The number of halogens is 2. The lowest BCUT2D eigenvalue weighted by atomic mass is 10.0. The minimum atomic E-state index is 0.975. The van der Waals surface area contributed by atoms with E-state index in [9.17, 15) is 0 Å². The Balaban J connectivity index is 2.55. The molecule has 0 bridgehead atoms. The first-order valence-electron chi connectivity index (χ1n) is 4.03. The van der Waals surface area contributed by atoms with Crippen molar-refractivity contribution in [1.29, 1.82) is 0 Å².